The minimum atomic E-state index is 0.130. The van der Waals surface area contributed by atoms with Crippen molar-refractivity contribution in [3.05, 3.63) is 107 Å². The van der Waals surface area contributed by atoms with Crippen LogP contribution in [-0.4, -0.2) is 24.6 Å². The van der Waals surface area contributed by atoms with Crippen molar-refractivity contribution >= 4 is 16.7 Å². The predicted molar refractivity (Wildman–Crippen MR) is 128 cm³/mol. The number of nitrogens with zero attached hydrogens (tertiary/aromatic N) is 1. The van der Waals surface area contributed by atoms with Crippen molar-refractivity contribution in [3.63, 3.8) is 0 Å². The summed E-state index contributed by atoms with van der Waals surface area (Å²) in [5, 5.41) is 8.44. The Hall–Kier alpha value is -3.17. The van der Waals surface area contributed by atoms with Crippen LogP contribution < -0.4 is 10.6 Å². The van der Waals surface area contributed by atoms with Crippen LogP contribution >= 0.6 is 0 Å². The van der Waals surface area contributed by atoms with Crippen LogP contribution in [0.5, 0.6) is 0 Å². The second-order valence-corrected chi connectivity index (χ2v) is 8.86. The first-order chi connectivity index (χ1) is 15.4. The fourth-order valence-electron chi connectivity index (χ4n) is 5.73. The molecule has 0 saturated heterocycles. The third-order valence-electron chi connectivity index (χ3n) is 7.12. The number of aromatic nitrogens is 1. The summed E-state index contributed by atoms with van der Waals surface area (Å²) in [5.74, 6) is 1.52. The summed E-state index contributed by atoms with van der Waals surface area (Å²) in [6.07, 6.45) is 2.27. The van der Waals surface area contributed by atoms with Gasteiger partial charge in [-0.1, -0.05) is 66.7 Å². The van der Waals surface area contributed by atoms with E-state index in [1.165, 1.54) is 34.1 Å². The maximum Gasteiger partial charge on any atom is 0.126 e. The fourth-order valence-corrected chi connectivity index (χ4v) is 5.73. The zero-order valence-electron chi connectivity index (χ0n) is 17.6. The molecule has 1 aromatic heterocycles. The second kappa shape index (κ2) is 7.51. The zero-order chi connectivity index (χ0) is 20.7. The average molecular weight is 406 g/mol. The molecule has 3 nitrogen and oxygen atoms in total. The number of benzene rings is 3. The van der Waals surface area contributed by atoms with Gasteiger partial charge >= 0.3 is 0 Å². The van der Waals surface area contributed by atoms with Crippen molar-refractivity contribution in [2.75, 3.05) is 25.0 Å². The third-order valence-corrected chi connectivity index (χ3v) is 7.12. The summed E-state index contributed by atoms with van der Waals surface area (Å²) in [7, 11) is 0. The molecule has 2 aliphatic carbocycles. The normalized spacial score (nSPS) is 20.6. The summed E-state index contributed by atoms with van der Waals surface area (Å²) in [6, 6.07) is 30.6. The highest BCUT2D eigenvalue weighted by molar-refractivity contribution is 5.80. The Labute approximate surface area is 183 Å². The van der Waals surface area contributed by atoms with E-state index in [0.29, 0.717) is 5.92 Å². The minimum Gasteiger partial charge on any atom is -0.370 e. The molecular formula is C28H27N3. The van der Waals surface area contributed by atoms with Crippen LogP contribution in [0.1, 0.15) is 41.0 Å². The van der Waals surface area contributed by atoms with E-state index in [9.17, 15) is 0 Å². The van der Waals surface area contributed by atoms with Crippen LogP contribution in [0.4, 0.5) is 5.82 Å². The monoisotopic (exact) mass is 405 g/mol. The largest absolute Gasteiger partial charge is 0.370 e. The Kier molecular flexibility index (Phi) is 4.50. The quantitative estimate of drug-likeness (QED) is 0.401. The number of hydrogen-bond acceptors (Lipinski definition) is 3. The molecule has 2 aliphatic rings. The maximum atomic E-state index is 4.70. The van der Waals surface area contributed by atoms with Gasteiger partial charge in [-0.15, -0.1) is 0 Å². The summed E-state index contributed by atoms with van der Waals surface area (Å²) < 4.78 is 0. The van der Waals surface area contributed by atoms with Crippen LogP contribution in [0.15, 0.2) is 84.9 Å². The Morgan fingerprint density at radius 1 is 0.774 bits per heavy atom. The highest BCUT2D eigenvalue weighted by atomic mass is 15.0. The first-order valence-electron chi connectivity index (χ1n) is 11.3. The molecule has 0 atom stereocenters. The van der Waals surface area contributed by atoms with E-state index in [-0.39, 0.29) is 5.41 Å². The van der Waals surface area contributed by atoms with Crippen molar-refractivity contribution < 1.29 is 0 Å². The highest BCUT2D eigenvalue weighted by Crippen LogP contribution is 2.59. The number of nitrogens with one attached hydrogen (secondary N) is 2. The van der Waals surface area contributed by atoms with E-state index in [0.717, 1.165) is 37.4 Å². The Balaban J connectivity index is 1.09. The summed E-state index contributed by atoms with van der Waals surface area (Å²) in [6.45, 7) is 2.92. The van der Waals surface area contributed by atoms with Crippen molar-refractivity contribution in [2.24, 2.45) is 0 Å². The Morgan fingerprint density at radius 3 is 2.29 bits per heavy atom. The lowest BCUT2D eigenvalue weighted by Gasteiger charge is -2.31. The number of pyridine rings is 1. The van der Waals surface area contributed by atoms with Gasteiger partial charge < -0.3 is 10.6 Å². The van der Waals surface area contributed by atoms with Crippen LogP contribution in [0.3, 0.4) is 0 Å². The molecule has 6 rings (SSSR count). The molecule has 0 unspecified atom stereocenters. The van der Waals surface area contributed by atoms with Gasteiger partial charge in [0.15, 0.2) is 0 Å². The maximum absolute atomic E-state index is 4.70. The topological polar surface area (TPSA) is 37.0 Å². The lowest BCUT2D eigenvalue weighted by Crippen LogP contribution is -2.37. The Morgan fingerprint density at radius 2 is 1.48 bits per heavy atom. The molecule has 0 spiro atoms. The van der Waals surface area contributed by atoms with Crippen LogP contribution in [0, 0.1) is 0 Å². The Bertz CT molecular complexity index is 1200. The molecule has 0 amide bonds. The standard InChI is InChI=1S/C28H27N3/c1-6-13-26-20(8-1)14-15-27(31-26)30-17-7-16-29-19-28-18-23(21-9-2-4-11-24(21)28)22-10-3-5-12-25(22)28/h1-6,8-15,23,29H,7,16-19H2,(H,30,31). The molecule has 0 aliphatic heterocycles. The van der Waals surface area contributed by atoms with E-state index >= 15 is 0 Å². The smallest absolute Gasteiger partial charge is 0.126 e. The lowest BCUT2D eigenvalue weighted by molar-refractivity contribution is 0.475. The SMILES string of the molecule is c1ccc2c(c1)C1CC2(CNCCCNc2ccc3ccccc3n2)c2ccccc21. The van der Waals surface area contributed by atoms with Gasteiger partial charge in [-0.3, -0.25) is 0 Å². The summed E-state index contributed by atoms with van der Waals surface area (Å²) >= 11 is 0. The first kappa shape index (κ1) is 18.6. The van der Waals surface area contributed by atoms with Crippen molar-refractivity contribution in [1.29, 1.82) is 0 Å². The minimum absolute atomic E-state index is 0.130. The van der Waals surface area contributed by atoms with Crippen molar-refractivity contribution in [1.82, 2.24) is 10.3 Å². The van der Waals surface area contributed by atoms with Gasteiger partial charge in [0.1, 0.15) is 5.82 Å². The number of anilines is 1. The van der Waals surface area contributed by atoms with Crippen LogP contribution in [0.2, 0.25) is 0 Å². The van der Waals surface area contributed by atoms with Gasteiger partial charge in [0.25, 0.3) is 0 Å². The highest BCUT2D eigenvalue weighted by Gasteiger charge is 2.51. The molecule has 0 saturated carbocycles. The molecule has 0 fully saturated rings. The van der Waals surface area contributed by atoms with E-state index in [1.807, 2.05) is 6.07 Å². The van der Waals surface area contributed by atoms with E-state index in [1.54, 1.807) is 0 Å². The fraction of sp³-hybridized carbons (Fsp3) is 0.250. The molecular weight excluding hydrogens is 378 g/mol. The van der Waals surface area contributed by atoms with Crippen molar-refractivity contribution in [2.45, 2.75) is 24.2 Å². The van der Waals surface area contributed by atoms with Gasteiger partial charge in [-0.25, -0.2) is 4.98 Å². The van der Waals surface area contributed by atoms with Gasteiger partial charge in [-0.05, 0) is 59.8 Å². The molecule has 3 heteroatoms. The second-order valence-electron chi connectivity index (χ2n) is 8.86. The summed E-state index contributed by atoms with van der Waals surface area (Å²) in [5.41, 5.74) is 7.30. The van der Waals surface area contributed by atoms with E-state index < -0.39 is 0 Å². The van der Waals surface area contributed by atoms with Gasteiger partial charge in [-0.2, -0.15) is 0 Å². The lowest BCUT2D eigenvalue weighted by atomic mass is 9.75. The molecule has 1 heterocycles. The van der Waals surface area contributed by atoms with Crippen molar-refractivity contribution in [3.8, 4) is 0 Å². The van der Waals surface area contributed by atoms with Gasteiger partial charge in [0.05, 0.1) is 5.52 Å². The number of hydrogen-bond donors (Lipinski definition) is 2. The van der Waals surface area contributed by atoms with Gasteiger partial charge in [0, 0.05) is 29.8 Å². The summed E-state index contributed by atoms with van der Waals surface area (Å²) in [4.78, 5) is 4.70. The zero-order valence-corrected chi connectivity index (χ0v) is 17.6. The molecule has 2 bridgehead atoms. The molecule has 154 valence electrons. The number of rotatable bonds is 7. The van der Waals surface area contributed by atoms with Crippen LogP contribution in [0.25, 0.3) is 10.9 Å². The third kappa shape index (κ3) is 3.03. The molecule has 0 radical (unpaired) electrons. The van der Waals surface area contributed by atoms with Crippen LogP contribution in [-0.2, 0) is 5.41 Å². The predicted octanol–water partition coefficient (Wildman–Crippen LogP) is 5.46. The first-order valence-corrected chi connectivity index (χ1v) is 11.3. The van der Waals surface area contributed by atoms with Gasteiger partial charge in [0.2, 0.25) is 0 Å². The van der Waals surface area contributed by atoms with E-state index in [2.05, 4.69) is 89.5 Å². The number of fused-ring (bicyclic) bond motifs is 9. The molecule has 3 aromatic carbocycles. The molecule has 4 aromatic rings. The molecule has 2 N–H and O–H groups in total. The molecule has 31 heavy (non-hydrogen) atoms. The van der Waals surface area contributed by atoms with E-state index in [4.69, 9.17) is 4.98 Å². The number of para-hydroxylation sites is 1. The average Bonchev–Trinajstić information content (AvgIpc) is 3.34.